The number of carbonyl (C=O) groups is 2. The number of nitrogens with one attached hydrogen (secondary N) is 2. The molecule has 12 nitrogen and oxygen atoms in total. The Kier molecular flexibility index (Phi) is 15.5. The number of likely N-dealkylation sites (tertiary alicyclic amines) is 1. The predicted octanol–water partition coefficient (Wildman–Crippen LogP) is 5.71. The van der Waals surface area contributed by atoms with E-state index < -0.39 is 27.8 Å². The van der Waals surface area contributed by atoms with Crippen molar-refractivity contribution in [2.45, 2.75) is 18.9 Å². The van der Waals surface area contributed by atoms with Crippen molar-refractivity contribution >= 4 is 76.1 Å². The molecule has 260 valence electrons. The largest absolute Gasteiger partial charge is 0.497 e. The van der Waals surface area contributed by atoms with Crippen LogP contribution < -0.4 is 23.8 Å². The number of carboxylic acids is 1. The molecule has 0 unspecified atom stereocenters. The summed E-state index contributed by atoms with van der Waals surface area (Å²) in [5.41, 5.74) is 1.15. The second kappa shape index (κ2) is 18.5. The van der Waals surface area contributed by atoms with E-state index in [-0.39, 0.29) is 59.8 Å². The van der Waals surface area contributed by atoms with Crippen molar-refractivity contribution in [3.63, 3.8) is 0 Å². The van der Waals surface area contributed by atoms with Crippen LogP contribution in [0.25, 0.3) is 6.08 Å². The van der Waals surface area contributed by atoms with Gasteiger partial charge in [0.1, 0.15) is 29.2 Å². The standard InChI is InChI=1S/C32H35ClN4O8S.2ClH/c1-36-17-14-27(15-18-36)44-29-13-8-24(20-28(29)33)37(46(41,42)21-30(38)39)16-4-6-22-5-3-7-23(19-22)31(34)35-32(40)45-26-11-9-25(43-2)10-12-26;;/h3-13,19-20,27H,14-18,21H2,1-2H3,(H,38,39)(H2,34,35,40);2*1H/b6-4+;;. The average Bonchev–Trinajstić information content (AvgIpc) is 3.01. The average molecular weight is 744 g/mol. The first-order valence-electron chi connectivity index (χ1n) is 14.3. The molecule has 1 saturated heterocycles. The highest BCUT2D eigenvalue weighted by molar-refractivity contribution is 7.93. The third-order valence-electron chi connectivity index (χ3n) is 7.06. The van der Waals surface area contributed by atoms with Gasteiger partial charge in [0, 0.05) is 18.7 Å². The Morgan fingerprint density at radius 3 is 2.35 bits per heavy atom. The lowest BCUT2D eigenvalue weighted by Gasteiger charge is -2.30. The van der Waals surface area contributed by atoms with Crippen molar-refractivity contribution in [2.75, 3.05) is 43.8 Å². The number of methoxy groups -OCH3 is 1. The number of rotatable bonds is 12. The van der Waals surface area contributed by atoms with E-state index >= 15 is 0 Å². The smallest absolute Gasteiger partial charge is 0.418 e. The molecule has 0 spiro atoms. The summed E-state index contributed by atoms with van der Waals surface area (Å²) < 4.78 is 43.5. The molecule has 0 atom stereocenters. The van der Waals surface area contributed by atoms with Crippen LogP contribution in [0.2, 0.25) is 5.02 Å². The van der Waals surface area contributed by atoms with Crippen molar-refractivity contribution in [1.82, 2.24) is 10.2 Å². The highest BCUT2D eigenvalue weighted by Crippen LogP contribution is 2.32. The van der Waals surface area contributed by atoms with Crippen molar-refractivity contribution in [3.8, 4) is 17.2 Å². The normalized spacial score (nSPS) is 13.5. The zero-order valence-corrected chi connectivity index (χ0v) is 29.3. The molecule has 3 aromatic carbocycles. The number of carboxylic acid groups (broad SMARTS) is 1. The monoisotopic (exact) mass is 742 g/mol. The molecule has 16 heteroatoms. The molecule has 0 saturated carbocycles. The molecule has 0 bridgehead atoms. The lowest BCUT2D eigenvalue weighted by molar-refractivity contribution is -0.134. The minimum atomic E-state index is -4.28. The number of halogens is 3. The van der Waals surface area contributed by atoms with Crippen LogP contribution in [-0.4, -0.2) is 82.0 Å². The van der Waals surface area contributed by atoms with Gasteiger partial charge >= 0.3 is 12.1 Å². The topological polar surface area (TPSA) is 159 Å². The van der Waals surface area contributed by atoms with Gasteiger partial charge in [-0.3, -0.25) is 19.8 Å². The first kappa shape index (κ1) is 40.2. The van der Waals surface area contributed by atoms with Gasteiger partial charge in [0.2, 0.25) is 10.0 Å². The van der Waals surface area contributed by atoms with E-state index in [1.54, 1.807) is 66.7 Å². The number of ether oxygens (including phenoxy) is 3. The van der Waals surface area contributed by atoms with Gasteiger partial charge in [0.25, 0.3) is 0 Å². The fourth-order valence-corrected chi connectivity index (χ4v) is 6.10. The summed E-state index contributed by atoms with van der Waals surface area (Å²) in [4.78, 5) is 25.9. The molecule has 3 aromatic rings. The number of hydrogen-bond donors (Lipinski definition) is 3. The maximum atomic E-state index is 13.1. The first-order chi connectivity index (χ1) is 21.9. The minimum Gasteiger partial charge on any atom is -0.497 e. The zero-order chi connectivity index (χ0) is 33.3. The summed E-state index contributed by atoms with van der Waals surface area (Å²) in [6, 6.07) is 17.6. The van der Waals surface area contributed by atoms with Crippen LogP contribution in [0.5, 0.6) is 17.2 Å². The number of benzene rings is 3. The number of anilines is 1. The Morgan fingerprint density at radius 1 is 1.06 bits per heavy atom. The molecular formula is C32H37Cl3N4O8S. The minimum absolute atomic E-state index is 0. The molecule has 1 aliphatic heterocycles. The van der Waals surface area contributed by atoms with E-state index in [0.717, 1.165) is 30.2 Å². The Hall–Kier alpha value is -4.01. The van der Waals surface area contributed by atoms with Gasteiger partial charge in [-0.25, -0.2) is 13.2 Å². The lowest BCUT2D eigenvalue weighted by atomic mass is 10.1. The van der Waals surface area contributed by atoms with Crippen LogP contribution >= 0.6 is 36.4 Å². The number of hydrogen-bond acceptors (Lipinski definition) is 9. The SMILES string of the molecule is COc1ccc(OC(=O)NC(=N)c2cccc(/C=C/CN(c3ccc(OC4CCN(C)CC4)c(Cl)c3)S(=O)(=O)CC(=O)O)c2)cc1.Cl.Cl. The van der Waals surface area contributed by atoms with Gasteiger partial charge in [-0.15, -0.1) is 24.8 Å². The van der Waals surface area contributed by atoms with Crippen molar-refractivity contribution in [1.29, 1.82) is 5.41 Å². The highest BCUT2D eigenvalue weighted by atomic mass is 35.5. The molecule has 1 aliphatic rings. The third kappa shape index (κ3) is 11.6. The van der Waals surface area contributed by atoms with Gasteiger partial charge in [0.15, 0.2) is 5.75 Å². The Labute approximate surface area is 297 Å². The number of carbonyl (C=O) groups excluding carboxylic acids is 1. The van der Waals surface area contributed by atoms with Crippen LogP contribution in [0.4, 0.5) is 10.5 Å². The van der Waals surface area contributed by atoms with Gasteiger partial charge in [-0.2, -0.15) is 0 Å². The number of aliphatic carboxylic acids is 1. The summed E-state index contributed by atoms with van der Waals surface area (Å²) in [5, 5.41) is 20.1. The van der Waals surface area contributed by atoms with Gasteiger partial charge in [-0.1, -0.05) is 42.0 Å². The maximum absolute atomic E-state index is 13.1. The number of amidine groups is 1. The maximum Gasteiger partial charge on any atom is 0.418 e. The van der Waals surface area contributed by atoms with Crippen LogP contribution in [0, 0.1) is 5.41 Å². The van der Waals surface area contributed by atoms with Crippen molar-refractivity contribution in [2.24, 2.45) is 0 Å². The van der Waals surface area contributed by atoms with E-state index in [4.69, 9.17) is 31.2 Å². The Bertz CT molecular complexity index is 1700. The molecule has 1 amide bonds. The molecular weight excluding hydrogens is 707 g/mol. The molecule has 4 rings (SSSR count). The summed E-state index contributed by atoms with van der Waals surface area (Å²) in [6.45, 7) is 1.59. The van der Waals surface area contributed by atoms with Gasteiger partial charge in [0.05, 0.1) is 24.4 Å². The third-order valence-corrected chi connectivity index (χ3v) is 9.00. The fraction of sp³-hybridized carbons (Fsp3) is 0.281. The number of nitrogens with zero attached hydrogens (tertiary/aromatic N) is 2. The summed E-state index contributed by atoms with van der Waals surface area (Å²) in [6.07, 6.45) is 3.98. The molecule has 1 heterocycles. The second-order valence-corrected chi connectivity index (χ2v) is 12.8. The zero-order valence-electron chi connectivity index (χ0n) is 26.1. The summed E-state index contributed by atoms with van der Waals surface area (Å²) >= 11 is 6.49. The van der Waals surface area contributed by atoms with Gasteiger partial charge < -0.3 is 24.2 Å². The van der Waals surface area contributed by atoms with Gasteiger partial charge in [-0.05, 0) is 74.0 Å². The molecule has 48 heavy (non-hydrogen) atoms. The summed E-state index contributed by atoms with van der Waals surface area (Å²) in [5.74, 6) is -1.53. The van der Waals surface area contributed by atoms with Crippen molar-refractivity contribution < 1.29 is 37.3 Å². The predicted molar refractivity (Wildman–Crippen MR) is 190 cm³/mol. The highest BCUT2D eigenvalue weighted by Gasteiger charge is 2.26. The molecule has 0 aromatic heterocycles. The van der Waals surface area contributed by atoms with E-state index in [0.29, 0.717) is 22.6 Å². The molecule has 0 aliphatic carbocycles. The van der Waals surface area contributed by atoms with Crippen LogP contribution in [0.1, 0.15) is 24.0 Å². The molecule has 0 radical (unpaired) electrons. The van der Waals surface area contributed by atoms with E-state index in [2.05, 4.69) is 10.2 Å². The summed E-state index contributed by atoms with van der Waals surface area (Å²) in [7, 11) is -0.718. The van der Waals surface area contributed by atoms with E-state index in [1.165, 1.54) is 19.2 Å². The van der Waals surface area contributed by atoms with Crippen LogP contribution in [0.15, 0.2) is 72.8 Å². The second-order valence-electron chi connectivity index (χ2n) is 10.5. The van der Waals surface area contributed by atoms with Crippen LogP contribution in [-0.2, 0) is 14.8 Å². The van der Waals surface area contributed by atoms with E-state index in [1.807, 2.05) is 7.05 Å². The number of sulfonamides is 1. The lowest BCUT2D eigenvalue weighted by Crippen LogP contribution is -2.36. The van der Waals surface area contributed by atoms with Crippen molar-refractivity contribution in [3.05, 3.63) is 89.0 Å². The Morgan fingerprint density at radius 2 is 1.73 bits per heavy atom. The Balaban J connectivity index is 0.00000400. The number of piperidine rings is 1. The quantitative estimate of drug-likeness (QED) is 0.156. The van der Waals surface area contributed by atoms with Crippen LogP contribution in [0.3, 0.4) is 0 Å². The first-order valence-corrected chi connectivity index (χ1v) is 16.3. The molecule has 1 fully saturated rings. The fourth-order valence-electron chi connectivity index (χ4n) is 4.67. The molecule has 3 N–H and O–H groups in total. The number of amides is 1. The van der Waals surface area contributed by atoms with E-state index in [9.17, 15) is 23.1 Å².